The van der Waals surface area contributed by atoms with E-state index in [4.69, 9.17) is 11.5 Å². The Hall–Kier alpha value is -0.350. The lowest BCUT2D eigenvalue weighted by Gasteiger charge is -2.21. The highest BCUT2D eigenvalue weighted by molar-refractivity contribution is 9.18. The molecular formula is C8H14BrN3. The summed E-state index contributed by atoms with van der Waals surface area (Å²) in [5, 5.41) is 0. The maximum absolute atomic E-state index is 5.46. The number of aliphatic imine (C=N–C) groups is 1. The predicted octanol–water partition coefficient (Wildman–Crippen LogP) is 1.13. The van der Waals surface area contributed by atoms with E-state index < -0.39 is 0 Å². The van der Waals surface area contributed by atoms with Crippen molar-refractivity contribution in [1.29, 1.82) is 0 Å². The first-order chi connectivity index (χ1) is 5.77. The van der Waals surface area contributed by atoms with Gasteiger partial charge in [-0.1, -0.05) is 0 Å². The summed E-state index contributed by atoms with van der Waals surface area (Å²) in [6.07, 6.45) is 5.18. The Kier molecular flexibility index (Phi) is 3.75. The van der Waals surface area contributed by atoms with E-state index >= 15 is 0 Å². The minimum atomic E-state index is 0.438. The molecule has 68 valence electrons. The molecule has 0 aromatic carbocycles. The molecule has 0 bridgehead atoms. The minimum absolute atomic E-state index is 0.438. The molecule has 0 amide bonds. The van der Waals surface area contributed by atoms with Gasteiger partial charge in [0.1, 0.15) is 4.62 Å². The third-order valence-electron chi connectivity index (χ3n) is 2.06. The van der Waals surface area contributed by atoms with Crippen LogP contribution in [0, 0.1) is 0 Å². The second-order valence-electron chi connectivity index (χ2n) is 2.90. The van der Waals surface area contributed by atoms with Gasteiger partial charge in [-0.2, -0.15) is 0 Å². The van der Waals surface area contributed by atoms with E-state index in [9.17, 15) is 0 Å². The maximum Gasteiger partial charge on any atom is 0.106 e. The quantitative estimate of drug-likeness (QED) is 0.716. The van der Waals surface area contributed by atoms with Crippen molar-refractivity contribution in [1.82, 2.24) is 0 Å². The molecule has 12 heavy (non-hydrogen) atoms. The molecule has 0 radical (unpaired) electrons. The zero-order chi connectivity index (χ0) is 8.97. The molecule has 0 spiro atoms. The van der Waals surface area contributed by atoms with Crippen LogP contribution >= 0.6 is 15.9 Å². The van der Waals surface area contributed by atoms with Gasteiger partial charge in [0.2, 0.25) is 0 Å². The molecule has 0 aromatic heterocycles. The monoisotopic (exact) mass is 231 g/mol. The Morgan fingerprint density at radius 2 is 2.25 bits per heavy atom. The number of rotatable bonds is 3. The number of nitrogens with two attached hydrogens (primary N) is 2. The minimum Gasteiger partial charge on any atom is -0.404 e. The van der Waals surface area contributed by atoms with E-state index in [1.165, 1.54) is 25.5 Å². The fraction of sp³-hybridized carbons (Fsp3) is 0.625. The fourth-order valence-corrected chi connectivity index (χ4v) is 1.56. The highest BCUT2D eigenvalue weighted by Crippen LogP contribution is 2.23. The van der Waals surface area contributed by atoms with Crippen LogP contribution in [0.4, 0.5) is 0 Å². The third-order valence-corrected chi connectivity index (χ3v) is 2.77. The SMILES string of the molecule is NC=C(CN)C(Br)=NC1CCC1. The molecule has 0 aliphatic heterocycles. The zero-order valence-corrected chi connectivity index (χ0v) is 8.55. The van der Waals surface area contributed by atoms with Crippen LogP contribution in [0.2, 0.25) is 0 Å². The van der Waals surface area contributed by atoms with E-state index in [0.29, 0.717) is 12.6 Å². The predicted molar refractivity (Wildman–Crippen MR) is 55.3 cm³/mol. The lowest BCUT2D eigenvalue weighted by molar-refractivity contribution is 0.421. The molecule has 0 unspecified atom stereocenters. The number of nitrogens with zero attached hydrogens (tertiary/aromatic N) is 1. The van der Waals surface area contributed by atoms with E-state index in [1.807, 2.05) is 0 Å². The number of hydrogen-bond donors (Lipinski definition) is 2. The fourth-order valence-electron chi connectivity index (χ4n) is 0.980. The standard InChI is InChI=1S/C8H14BrN3/c9-8(6(4-10)5-11)12-7-2-1-3-7/h4,7H,1-3,5,10-11H2. The maximum atomic E-state index is 5.46. The lowest BCUT2D eigenvalue weighted by atomic mass is 9.94. The Bertz CT molecular complexity index is 206. The van der Waals surface area contributed by atoms with Gasteiger partial charge in [-0.25, -0.2) is 0 Å². The molecule has 4 N–H and O–H groups in total. The largest absolute Gasteiger partial charge is 0.404 e. The molecule has 0 heterocycles. The smallest absolute Gasteiger partial charge is 0.106 e. The summed E-state index contributed by atoms with van der Waals surface area (Å²) in [5.74, 6) is 0. The molecule has 1 rings (SSSR count). The van der Waals surface area contributed by atoms with Crippen LogP contribution in [0.3, 0.4) is 0 Å². The summed E-state index contributed by atoms with van der Waals surface area (Å²) in [7, 11) is 0. The lowest BCUT2D eigenvalue weighted by Crippen LogP contribution is -2.18. The molecule has 1 saturated carbocycles. The molecular weight excluding hydrogens is 218 g/mol. The molecule has 4 heteroatoms. The Morgan fingerprint density at radius 1 is 1.58 bits per heavy atom. The average Bonchev–Trinajstić information content (AvgIpc) is 1.99. The summed E-state index contributed by atoms with van der Waals surface area (Å²) in [4.78, 5) is 4.43. The van der Waals surface area contributed by atoms with Gasteiger partial charge in [0.05, 0.1) is 6.04 Å². The van der Waals surface area contributed by atoms with Crippen LogP contribution in [-0.2, 0) is 0 Å². The van der Waals surface area contributed by atoms with Crippen molar-refractivity contribution in [3.05, 3.63) is 11.8 Å². The topological polar surface area (TPSA) is 64.4 Å². The Balaban J connectivity index is 2.54. The molecule has 0 aromatic rings. The average molecular weight is 232 g/mol. The van der Waals surface area contributed by atoms with Crippen LogP contribution in [-0.4, -0.2) is 17.2 Å². The van der Waals surface area contributed by atoms with Crippen molar-refractivity contribution in [2.75, 3.05) is 6.54 Å². The van der Waals surface area contributed by atoms with Gasteiger partial charge in [0.15, 0.2) is 0 Å². The molecule has 3 nitrogen and oxygen atoms in total. The summed E-state index contributed by atoms with van der Waals surface area (Å²) < 4.78 is 0.817. The van der Waals surface area contributed by atoms with Gasteiger partial charge in [-0.05, 0) is 35.2 Å². The van der Waals surface area contributed by atoms with Crippen LogP contribution in [0.25, 0.3) is 0 Å². The molecule has 0 saturated heterocycles. The number of hydrogen-bond acceptors (Lipinski definition) is 3. The van der Waals surface area contributed by atoms with Crippen LogP contribution in [0.1, 0.15) is 19.3 Å². The second kappa shape index (κ2) is 4.62. The molecule has 1 aliphatic rings. The normalized spacial score (nSPS) is 20.8. The second-order valence-corrected chi connectivity index (χ2v) is 3.65. The zero-order valence-electron chi connectivity index (χ0n) is 6.96. The van der Waals surface area contributed by atoms with Gasteiger partial charge < -0.3 is 11.5 Å². The molecule has 1 fully saturated rings. The van der Waals surface area contributed by atoms with Crippen LogP contribution in [0.15, 0.2) is 16.8 Å². The van der Waals surface area contributed by atoms with Crippen LogP contribution in [0.5, 0.6) is 0 Å². The van der Waals surface area contributed by atoms with Gasteiger partial charge in [0, 0.05) is 18.3 Å². The van der Waals surface area contributed by atoms with Gasteiger partial charge in [-0.3, -0.25) is 4.99 Å². The van der Waals surface area contributed by atoms with E-state index in [1.54, 1.807) is 0 Å². The van der Waals surface area contributed by atoms with E-state index in [0.717, 1.165) is 10.2 Å². The van der Waals surface area contributed by atoms with Crippen LogP contribution < -0.4 is 11.5 Å². The first-order valence-corrected chi connectivity index (χ1v) is 4.91. The molecule has 1 aliphatic carbocycles. The number of halogens is 1. The van der Waals surface area contributed by atoms with Crippen molar-refractivity contribution in [2.24, 2.45) is 16.5 Å². The Labute approximate surface area is 81.0 Å². The van der Waals surface area contributed by atoms with E-state index in [-0.39, 0.29) is 0 Å². The third kappa shape index (κ3) is 2.32. The van der Waals surface area contributed by atoms with Gasteiger partial charge in [-0.15, -0.1) is 0 Å². The van der Waals surface area contributed by atoms with Crippen molar-refractivity contribution in [3.63, 3.8) is 0 Å². The molecule has 0 atom stereocenters. The Morgan fingerprint density at radius 3 is 2.58 bits per heavy atom. The van der Waals surface area contributed by atoms with Crippen molar-refractivity contribution in [3.8, 4) is 0 Å². The first kappa shape index (κ1) is 9.74. The summed E-state index contributed by atoms with van der Waals surface area (Å²) in [5.41, 5.74) is 11.7. The van der Waals surface area contributed by atoms with Crippen molar-refractivity contribution >= 4 is 20.6 Å². The highest BCUT2D eigenvalue weighted by Gasteiger charge is 2.16. The van der Waals surface area contributed by atoms with Crippen molar-refractivity contribution in [2.45, 2.75) is 25.3 Å². The summed E-state index contributed by atoms with van der Waals surface area (Å²) in [6, 6.07) is 0.487. The van der Waals surface area contributed by atoms with E-state index in [2.05, 4.69) is 20.9 Å². The summed E-state index contributed by atoms with van der Waals surface area (Å²) in [6.45, 7) is 0.438. The van der Waals surface area contributed by atoms with Gasteiger partial charge >= 0.3 is 0 Å². The van der Waals surface area contributed by atoms with Gasteiger partial charge in [0.25, 0.3) is 0 Å². The first-order valence-electron chi connectivity index (χ1n) is 4.12. The van der Waals surface area contributed by atoms with Crippen molar-refractivity contribution < 1.29 is 0 Å². The highest BCUT2D eigenvalue weighted by atomic mass is 79.9. The summed E-state index contributed by atoms with van der Waals surface area (Å²) >= 11 is 3.36.